The second-order valence-electron chi connectivity index (χ2n) is 10.5. The van der Waals surface area contributed by atoms with Gasteiger partial charge in [-0.1, -0.05) is 19.4 Å². The van der Waals surface area contributed by atoms with Gasteiger partial charge in [-0.2, -0.15) is 0 Å². The highest BCUT2D eigenvalue weighted by molar-refractivity contribution is 5.81. The second kappa shape index (κ2) is 14.7. The molecule has 0 radical (unpaired) electrons. The van der Waals surface area contributed by atoms with Crippen molar-refractivity contribution in [2.75, 3.05) is 6.61 Å². The van der Waals surface area contributed by atoms with Gasteiger partial charge in [0, 0.05) is 12.5 Å². The van der Waals surface area contributed by atoms with E-state index in [-0.39, 0.29) is 18.0 Å². The predicted octanol–water partition coefficient (Wildman–Crippen LogP) is 7.92. The van der Waals surface area contributed by atoms with Crippen LogP contribution in [-0.4, -0.2) is 31.0 Å². The van der Waals surface area contributed by atoms with Crippen LogP contribution in [-0.2, 0) is 19.1 Å². The Labute approximate surface area is 226 Å². The fourth-order valence-electron chi connectivity index (χ4n) is 5.83. The van der Waals surface area contributed by atoms with Crippen molar-refractivity contribution in [3.8, 4) is 5.75 Å². The summed E-state index contributed by atoms with van der Waals surface area (Å²) < 4.78 is 79.5. The number of hydrogen-bond donors (Lipinski definition) is 0. The van der Waals surface area contributed by atoms with E-state index in [9.17, 15) is 31.5 Å². The molecule has 0 unspecified atom stereocenters. The fourth-order valence-corrected chi connectivity index (χ4v) is 5.83. The summed E-state index contributed by atoms with van der Waals surface area (Å²) >= 11 is 0. The third kappa shape index (κ3) is 10.1. The first-order valence-electron chi connectivity index (χ1n) is 13.8. The predicted molar refractivity (Wildman–Crippen MR) is 134 cm³/mol. The molecule has 1 aromatic carbocycles. The van der Waals surface area contributed by atoms with Crippen LogP contribution < -0.4 is 4.74 Å². The summed E-state index contributed by atoms with van der Waals surface area (Å²) in [5, 5.41) is 0. The third-order valence-electron chi connectivity index (χ3n) is 7.85. The van der Waals surface area contributed by atoms with Crippen LogP contribution in [0.2, 0.25) is 0 Å². The van der Waals surface area contributed by atoms with E-state index in [2.05, 4.69) is 11.3 Å². The number of unbranched alkanes of at least 4 members (excludes halogenated alkanes) is 3. The highest BCUT2D eigenvalue weighted by atomic mass is 19.4. The fraction of sp³-hybridized carbons (Fsp3) is 0.655. The molecule has 218 valence electrons. The number of alkyl halides is 3. The number of benzene rings is 1. The zero-order valence-electron chi connectivity index (χ0n) is 22.1. The standard InChI is InChI=1S/C29H37F5O5/c1-2-26(35)37-16-6-4-3-5-7-27(36)38-23-14-12-20(13-15-23)19-8-10-21(11-9-19)22-17-24(30)28(25(31)18-22)39-29(32,33)34/h2,17-21,23H,1,3-16H2. The summed E-state index contributed by atoms with van der Waals surface area (Å²) in [6, 6.07) is 1.91. The van der Waals surface area contributed by atoms with Crippen LogP contribution in [0.1, 0.15) is 95.0 Å². The van der Waals surface area contributed by atoms with Crippen LogP contribution in [0.5, 0.6) is 5.75 Å². The molecule has 2 saturated carbocycles. The average molecular weight is 561 g/mol. The van der Waals surface area contributed by atoms with Gasteiger partial charge in [0.15, 0.2) is 11.6 Å². The molecule has 0 heterocycles. The molecular weight excluding hydrogens is 523 g/mol. The van der Waals surface area contributed by atoms with Gasteiger partial charge < -0.3 is 14.2 Å². The molecular formula is C29H37F5O5. The summed E-state index contributed by atoms with van der Waals surface area (Å²) in [7, 11) is 0. The molecule has 2 aliphatic carbocycles. The Bertz CT molecular complexity index is 940. The van der Waals surface area contributed by atoms with Gasteiger partial charge in [0.05, 0.1) is 6.61 Å². The summed E-state index contributed by atoms with van der Waals surface area (Å²) in [4.78, 5) is 23.2. The van der Waals surface area contributed by atoms with Crippen molar-refractivity contribution >= 4 is 11.9 Å². The summed E-state index contributed by atoms with van der Waals surface area (Å²) in [6.07, 6.45) is 6.27. The number of ether oxygens (including phenoxy) is 3. The lowest BCUT2D eigenvalue weighted by Crippen LogP contribution is -2.29. The number of hydrogen-bond acceptors (Lipinski definition) is 5. The molecule has 39 heavy (non-hydrogen) atoms. The van der Waals surface area contributed by atoms with Crippen molar-refractivity contribution in [3.63, 3.8) is 0 Å². The molecule has 0 N–H and O–H groups in total. The third-order valence-corrected chi connectivity index (χ3v) is 7.85. The number of carbonyl (C=O) groups is 2. The van der Waals surface area contributed by atoms with Crippen molar-refractivity contribution in [1.29, 1.82) is 0 Å². The molecule has 0 atom stereocenters. The van der Waals surface area contributed by atoms with Crippen molar-refractivity contribution in [2.24, 2.45) is 11.8 Å². The van der Waals surface area contributed by atoms with Crippen LogP contribution in [0.25, 0.3) is 0 Å². The average Bonchev–Trinajstić information content (AvgIpc) is 2.90. The van der Waals surface area contributed by atoms with Gasteiger partial charge in [-0.25, -0.2) is 13.6 Å². The van der Waals surface area contributed by atoms with Gasteiger partial charge in [-0.3, -0.25) is 4.79 Å². The van der Waals surface area contributed by atoms with E-state index in [1.54, 1.807) is 0 Å². The van der Waals surface area contributed by atoms with Crippen molar-refractivity contribution < 1.29 is 45.8 Å². The monoisotopic (exact) mass is 560 g/mol. The molecule has 2 aliphatic rings. The molecule has 0 amide bonds. The maximum atomic E-state index is 14.1. The van der Waals surface area contributed by atoms with Gasteiger partial charge in [0.25, 0.3) is 0 Å². The highest BCUT2D eigenvalue weighted by Crippen LogP contribution is 2.44. The van der Waals surface area contributed by atoms with E-state index in [0.29, 0.717) is 43.3 Å². The van der Waals surface area contributed by atoms with E-state index in [1.165, 1.54) is 0 Å². The first-order valence-corrected chi connectivity index (χ1v) is 13.8. The van der Waals surface area contributed by atoms with Gasteiger partial charge in [0.2, 0.25) is 5.75 Å². The quantitative estimate of drug-likeness (QED) is 0.112. The normalized spacial score (nSPS) is 23.6. The van der Waals surface area contributed by atoms with Crippen LogP contribution in [0, 0.1) is 23.5 Å². The van der Waals surface area contributed by atoms with Crippen LogP contribution in [0.15, 0.2) is 24.8 Å². The second-order valence-corrected chi connectivity index (χ2v) is 10.5. The van der Waals surface area contributed by atoms with E-state index < -0.39 is 29.7 Å². The Morgan fingerprint density at radius 3 is 2.00 bits per heavy atom. The van der Waals surface area contributed by atoms with Gasteiger partial charge in [0.1, 0.15) is 6.10 Å². The lowest BCUT2D eigenvalue weighted by molar-refractivity contribution is -0.276. The highest BCUT2D eigenvalue weighted by Gasteiger charge is 2.36. The van der Waals surface area contributed by atoms with Crippen molar-refractivity contribution in [3.05, 3.63) is 42.0 Å². The first kappa shape index (κ1) is 30.9. The number of esters is 2. The minimum atomic E-state index is -5.16. The maximum Gasteiger partial charge on any atom is 0.573 e. The largest absolute Gasteiger partial charge is 0.573 e. The molecule has 0 aliphatic heterocycles. The minimum absolute atomic E-state index is 0.0632. The van der Waals surface area contributed by atoms with Gasteiger partial charge in [-0.05, 0) is 99.7 Å². The SMILES string of the molecule is C=CC(=O)OCCCCCCC(=O)OC1CCC(C2CCC(c3cc(F)c(OC(F)(F)F)c(F)c3)CC2)CC1. The maximum absolute atomic E-state index is 14.1. The van der Waals surface area contributed by atoms with E-state index in [4.69, 9.17) is 9.47 Å². The molecule has 5 nitrogen and oxygen atoms in total. The number of rotatable bonds is 12. The minimum Gasteiger partial charge on any atom is -0.463 e. The molecule has 3 rings (SSSR count). The summed E-state index contributed by atoms with van der Waals surface area (Å²) in [6.45, 7) is 3.69. The lowest BCUT2D eigenvalue weighted by Gasteiger charge is -2.37. The Hall–Kier alpha value is -2.65. The summed E-state index contributed by atoms with van der Waals surface area (Å²) in [5.74, 6) is -3.83. The molecule has 0 bridgehead atoms. The Kier molecular flexibility index (Phi) is 11.6. The topological polar surface area (TPSA) is 61.8 Å². The molecule has 0 aromatic heterocycles. The van der Waals surface area contributed by atoms with Crippen molar-refractivity contribution in [2.45, 2.75) is 102 Å². The smallest absolute Gasteiger partial charge is 0.463 e. The Morgan fingerprint density at radius 1 is 0.872 bits per heavy atom. The zero-order valence-corrected chi connectivity index (χ0v) is 22.1. The van der Waals surface area contributed by atoms with Gasteiger partial charge in [-0.15, -0.1) is 13.2 Å². The van der Waals surface area contributed by atoms with Crippen LogP contribution in [0.4, 0.5) is 22.0 Å². The molecule has 1 aromatic rings. The first-order chi connectivity index (χ1) is 18.6. The Morgan fingerprint density at radius 2 is 1.44 bits per heavy atom. The van der Waals surface area contributed by atoms with E-state index >= 15 is 0 Å². The molecule has 2 fully saturated rings. The van der Waals surface area contributed by atoms with E-state index in [1.807, 2.05) is 0 Å². The van der Waals surface area contributed by atoms with Crippen LogP contribution in [0.3, 0.4) is 0 Å². The molecule has 10 heteroatoms. The Balaban J connectivity index is 1.33. The molecule has 0 saturated heterocycles. The number of carbonyl (C=O) groups excluding carboxylic acids is 2. The van der Waals surface area contributed by atoms with Crippen molar-refractivity contribution in [1.82, 2.24) is 0 Å². The van der Waals surface area contributed by atoms with Crippen LogP contribution >= 0.6 is 0 Å². The summed E-state index contributed by atoms with van der Waals surface area (Å²) in [5.41, 5.74) is 0.365. The number of halogens is 5. The van der Waals surface area contributed by atoms with Gasteiger partial charge >= 0.3 is 18.3 Å². The zero-order chi connectivity index (χ0) is 28.4. The lowest BCUT2D eigenvalue weighted by atomic mass is 9.69. The van der Waals surface area contributed by atoms with E-state index in [0.717, 1.165) is 82.4 Å². The molecule has 0 spiro atoms.